The number of likely N-dealkylation sites (N-methyl/N-ethyl adjacent to an activating group) is 1. The van der Waals surface area contributed by atoms with E-state index in [0.717, 1.165) is 0 Å². The minimum Gasteiger partial charge on any atom is -0.468 e. The van der Waals surface area contributed by atoms with Crippen molar-refractivity contribution in [3.63, 3.8) is 0 Å². The first kappa shape index (κ1) is 13.3. The first-order chi connectivity index (χ1) is 8.13. The van der Waals surface area contributed by atoms with E-state index in [1.807, 2.05) is 13.0 Å². The average molecular weight is 253 g/mol. The average Bonchev–Trinajstić information content (AvgIpc) is 2.35. The highest BCUT2D eigenvalue weighted by Crippen LogP contribution is 2.26. The van der Waals surface area contributed by atoms with E-state index in [1.54, 1.807) is 23.1 Å². The van der Waals surface area contributed by atoms with Crippen LogP contribution >= 0.6 is 11.6 Å². The van der Waals surface area contributed by atoms with Gasteiger partial charge in [0, 0.05) is 6.54 Å². The number of hydrogen-bond acceptors (Lipinski definition) is 4. The Morgan fingerprint density at radius 3 is 2.82 bits per heavy atom. The van der Waals surface area contributed by atoms with E-state index in [-0.39, 0.29) is 12.5 Å². The summed E-state index contributed by atoms with van der Waals surface area (Å²) in [6.45, 7) is 2.58. The lowest BCUT2D eigenvalue weighted by Gasteiger charge is -2.22. The number of esters is 1. The van der Waals surface area contributed by atoms with Gasteiger partial charge in [0.25, 0.3) is 0 Å². The van der Waals surface area contributed by atoms with E-state index in [2.05, 4.69) is 4.74 Å². The Labute approximate surface area is 105 Å². The normalized spacial score (nSPS) is 9.53. The lowest BCUT2D eigenvalue weighted by Crippen LogP contribution is -2.30. The second kappa shape index (κ2) is 6.12. The van der Waals surface area contributed by atoms with Crippen molar-refractivity contribution in [2.75, 3.05) is 25.1 Å². The summed E-state index contributed by atoms with van der Waals surface area (Å²) in [6, 6.07) is 7.20. The number of rotatable bonds is 4. The van der Waals surface area contributed by atoms with E-state index >= 15 is 0 Å². The van der Waals surface area contributed by atoms with Crippen LogP contribution < -0.4 is 4.90 Å². The van der Waals surface area contributed by atoms with Crippen LogP contribution in [0.3, 0.4) is 0 Å². The number of benzene rings is 1. The Kier molecular flexibility index (Phi) is 4.80. The van der Waals surface area contributed by atoms with Gasteiger partial charge >= 0.3 is 5.97 Å². The summed E-state index contributed by atoms with van der Waals surface area (Å²) >= 11 is 5.94. The Bertz CT molecular complexity index is 454. The maximum Gasteiger partial charge on any atom is 0.325 e. The second-order valence-electron chi connectivity index (χ2n) is 3.34. The molecule has 0 amide bonds. The first-order valence-corrected chi connectivity index (χ1v) is 5.52. The molecule has 0 aliphatic rings. The predicted octanol–water partition coefficient (Wildman–Crippen LogP) is 2.21. The van der Waals surface area contributed by atoms with Crippen molar-refractivity contribution >= 4 is 23.3 Å². The number of hydrogen-bond donors (Lipinski definition) is 0. The molecule has 1 rings (SSSR count). The molecule has 0 fully saturated rings. The van der Waals surface area contributed by atoms with Crippen molar-refractivity contribution in [2.24, 2.45) is 0 Å². The molecular weight excluding hydrogens is 240 g/mol. The topological polar surface area (TPSA) is 53.3 Å². The molecular formula is C12H13ClN2O2. The molecule has 90 valence electrons. The fraction of sp³-hybridized carbons (Fsp3) is 0.333. The SMILES string of the molecule is CCN(CC(=O)OC)c1cccc(Cl)c1C#N. The van der Waals surface area contributed by atoms with Gasteiger partial charge in [-0.25, -0.2) is 0 Å². The van der Waals surface area contributed by atoms with Crippen LogP contribution in [0.25, 0.3) is 0 Å². The molecule has 4 nitrogen and oxygen atoms in total. The van der Waals surface area contributed by atoms with Crippen LogP contribution in [0.15, 0.2) is 18.2 Å². The van der Waals surface area contributed by atoms with E-state index in [0.29, 0.717) is 22.8 Å². The van der Waals surface area contributed by atoms with Crippen molar-refractivity contribution in [2.45, 2.75) is 6.92 Å². The standard InChI is InChI=1S/C12H13ClN2O2/c1-3-15(8-12(16)17-2)11-6-4-5-10(13)9(11)7-14/h4-6H,3,8H2,1-2H3. The van der Waals surface area contributed by atoms with Crippen molar-refractivity contribution in [3.05, 3.63) is 28.8 Å². The molecule has 17 heavy (non-hydrogen) atoms. The molecule has 0 aliphatic heterocycles. The molecule has 0 aliphatic carbocycles. The van der Waals surface area contributed by atoms with Crippen molar-refractivity contribution in [1.29, 1.82) is 5.26 Å². The third-order valence-corrected chi connectivity index (χ3v) is 2.69. The molecule has 0 unspecified atom stereocenters. The number of halogens is 1. The van der Waals surface area contributed by atoms with E-state index < -0.39 is 0 Å². The van der Waals surface area contributed by atoms with Crippen LogP contribution in [0.5, 0.6) is 0 Å². The van der Waals surface area contributed by atoms with Gasteiger partial charge in [-0.3, -0.25) is 4.79 Å². The van der Waals surface area contributed by atoms with Gasteiger partial charge < -0.3 is 9.64 Å². The molecule has 0 saturated carbocycles. The Morgan fingerprint density at radius 2 is 2.29 bits per heavy atom. The second-order valence-corrected chi connectivity index (χ2v) is 3.74. The molecule has 0 aromatic heterocycles. The summed E-state index contributed by atoms with van der Waals surface area (Å²) in [5, 5.41) is 9.44. The number of ether oxygens (including phenoxy) is 1. The monoisotopic (exact) mass is 252 g/mol. The third kappa shape index (κ3) is 3.11. The number of nitrogens with zero attached hydrogens (tertiary/aromatic N) is 2. The fourth-order valence-electron chi connectivity index (χ4n) is 1.47. The van der Waals surface area contributed by atoms with Gasteiger partial charge in [-0.2, -0.15) is 5.26 Å². The van der Waals surface area contributed by atoms with E-state index in [1.165, 1.54) is 7.11 Å². The van der Waals surface area contributed by atoms with Crippen molar-refractivity contribution in [1.82, 2.24) is 0 Å². The Morgan fingerprint density at radius 1 is 1.59 bits per heavy atom. The zero-order valence-electron chi connectivity index (χ0n) is 9.74. The van der Waals surface area contributed by atoms with Gasteiger partial charge in [-0.05, 0) is 19.1 Å². The van der Waals surface area contributed by atoms with Crippen LogP contribution in [0, 0.1) is 11.3 Å². The Hall–Kier alpha value is -1.73. The third-order valence-electron chi connectivity index (χ3n) is 2.37. The first-order valence-electron chi connectivity index (χ1n) is 5.14. The summed E-state index contributed by atoms with van der Waals surface area (Å²) in [4.78, 5) is 13.0. The quantitative estimate of drug-likeness (QED) is 0.771. The van der Waals surface area contributed by atoms with Gasteiger partial charge in [-0.15, -0.1) is 0 Å². The smallest absolute Gasteiger partial charge is 0.325 e. The van der Waals surface area contributed by atoms with Gasteiger partial charge in [0.2, 0.25) is 0 Å². The Balaban J connectivity index is 3.08. The highest BCUT2D eigenvalue weighted by Gasteiger charge is 2.15. The maximum absolute atomic E-state index is 11.3. The van der Waals surface area contributed by atoms with Crippen LogP contribution in [0.1, 0.15) is 12.5 Å². The molecule has 0 heterocycles. The van der Waals surface area contributed by atoms with Gasteiger partial charge in [0.15, 0.2) is 0 Å². The van der Waals surface area contributed by atoms with Gasteiger partial charge in [0.05, 0.1) is 23.4 Å². The lowest BCUT2D eigenvalue weighted by atomic mass is 10.1. The highest BCUT2D eigenvalue weighted by atomic mass is 35.5. The number of nitriles is 1. The summed E-state index contributed by atoms with van der Waals surface area (Å²) in [5.74, 6) is -0.351. The summed E-state index contributed by atoms with van der Waals surface area (Å²) in [7, 11) is 1.33. The minimum atomic E-state index is -0.351. The minimum absolute atomic E-state index is 0.0992. The molecule has 0 atom stereocenters. The largest absolute Gasteiger partial charge is 0.468 e. The molecule has 0 N–H and O–H groups in total. The zero-order chi connectivity index (χ0) is 12.8. The summed E-state index contributed by atoms with van der Waals surface area (Å²) in [6.07, 6.45) is 0. The van der Waals surface area contributed by atoms with Gasteiger partial charge in [-0.1, -0.05) is 17.7 Å². The number of carbonyl (C=O) groups excluding carboxylic acids is 1. The number of anilines is 1. The van der Waals surface area contributed by atoms with Crippen LogP contribution in [-0.2, 0) is 9.53 Å². The molecule has 0 bridgehead atoms. The van der Waals surface area contributed by atoms with Crippen molar-refractivity contribution < 1.29 is 9.53 Å². The molecule has 0 radical (unpaired) electrons. The lowest BCUT2D eigenvalue weighted by molar-refractivity contribution is -0.138. The van der Waals surface area contributed by atoms with Crippen LogP contribution in [0.4, 0.5) is 5.69 Å². The van der Waals surface area contributed by atoms with E-state index in [4.69, 9.17) is 16.9 Å². The van der Waals surface area contributed by atoms with Crippen LogP contribution in [-0.4, -0.2) is 26.2 Å². The fourth-order valence-corrected chi connectivity index (χ4v) is 1.69. The van der Waals surface area contributed by atoms with Crippen LogP contribution in [0.2, 0.25) is 5.02 Å². The number of carbonyl (C=O) groups is 1. The molecule has 1 aromatic rings. The summed E-state index contributed by atoms with van der Waals surface area (Å²) in [5.41, 5.74) is 1.02. The molecule has 5 heteroatoms. The maximum atomic E-state index is 11.3. The molecule has 0 saturated heterocycles. The number of methoxy groups -OCH3 is 1. The highest BCUT2D eigenvalue weighted by molar-refractivity contribution is 6.32. The van der Waals surface area contributed by atoms with E-state index in [9.17, 15) is 4.79 Å². The summed E-state index contributed by atoms with van der Waals surface area (Å²) < 4.78 is 4.61. The molecule has 0 spiro atoms. The van der Waals surface area contributed by atoms with Gasteiger partial charge in [0.1, 0.15) is 12.6 Å². The van der Waals surface area contributed by atoms with Crippen molar-refractivity contribution in [3.8, 4) is 6.07 Å². The predicted molar refractivity (Wildman–Crippen MR) is 66.1 cm³/mol. The zero-order valence-corrected chi connectivity index (χ0v) is 10.5. The molecule has 1 aromatic carbocycles.